The van der Waals surface area contributed by atoms with Crippen molar-refractivity contribution < 1.29 is 7.31 Å². The van der Waals surface area contributed by atoms with E-state index in [1.165, 1.54) is 19.3 Å². The van der Waals surface area contributed by atoms with E-state index in [9.17, 15) is 1.37 Å². The SMILES string of the molecule is [2H]c1n2c(c(C)[n+]1-c1ccccc1C)C([2H])(C1CCCCC1)c1ccccc1-2. The van der Waals surface area contributed by atoms with Crippen molar-refractivity contribution in [1.29, 1.82) is 0 Å². The highest BCUT2D eigenvalue weighted by Crippen LogP contribution is 2.47. The molecule has 2 nitrogen and oxygen atoms in total. The molecular formula is C24H27N2+. The molecule has 2 heterocycles. The molecule has 2 heteroatoms. The van der Waals surface area contributed by atoms with Crippen LogP contribution in [0.25, 0.3) is 11.4 Å². The monoisotopic (exact) mass is 345 g/mol. The lowest BCUT2D eigenvalue weighted by molar-refractivity contribution is -0.602. The van der Waals surface area contributed by atoms with E-state index < -0.39 is 5.89 Å². The van der Waals surface area contributed by atoms with Gasteiger partial charge in [0.25, 0.3) is 6.30 Å². The van der Waals surface area contributed by atoms with Gasteiger partial charge in [-0.05, 0) is 43.4 Å². The van der Waals surface area contributed by atoms with E-state index >= 15 is 0 Å². The predicted molar refractivity (Wildman–Crippen MR) is 105 cm³/mol. The molecule has 0 saturated heterocycles. The zero-order chi connectivity index (χ0) is 19.5. The minimum atomic E-state index is -0.773. The third-order valence-electron chi connectivity index (χ3n) is 6.16. The Labute approximate surface area is 158 Å². The summed E-state index contributed by atoms with van der Waals surface area (Å²) in [6.45, 7) is 4.18. The average molecular weight is 346 g/mol. The maximum Gasteiger partial charge on any atom is 0.254 e. The Morgan fingerprint density at radius 1 is 1.00 bits per heavy atom. The van der Waals surface area contributed by atoms with Crippen molar-refractivity contribution >= 4 is 0 Å². The summed E-state index contributed by atoms with van der Waals surface area (Å²) >= 11 is 0. The van der Waals surface area contributed by atoms with Crippen molar-refractivity contribution in [2.45, 2.75) is 51.8 Å². The second-order valence-electron chi connectivity index (χ2n) is 7.76. The molecule has 1 saturated carbocycles. The molecule has 0 N–H and O–H groups in total. The van der Waals surface area contributed by atoms with Gasteiger partial charge in [0, 0.05) is 13.9 Å². The van der Waals surface area contributed by atoms with Crippen LogP contribution >= 0.6 is 0 Å². The highest BCUT2D eigenvalue weighted by Gasteiger charge is 2.42. The molecule has 132 valence electrons. The third-order valence-corrected chi connectivity index (χ3v) is 6.16. The highest BCUT2D eigenvalue weighted by molar-refractivity contribution is 5.54. The van der Waals surface area contributed by atoms with Gasteiger partial charge in [0.1, 0.15) is 17.1 Å². The van der Waals surface area contributed by atoms with Crippen molar-refractivity contribution in [3.8, 4) is 11.4 Å². The van der Waals surface area contributed by atoms with Crippen LogP contribution in [0.2, 0.25) is 0 Å². The fraction of sp³-hybridized carbons (Fsp3) is 0.375. The third kappa shape index (κ3) is 2.28. The Bertz CT molecular complexity index is 1060. The molecule has 1 fully saturated rings. The van der Waals surface area contributed by atoms with E-state index in [2.05, 4.69) is 38.1 Å². The summed E-state index contributed by atoms with van der Waals surface area (Å²) in [7, 11) is 0. The summed E-state index contributed by atoms with van der Waals surface area (Å²) in [5, 5.41) is 0. The Morgan fingerprint density at radius 3 is 2.54 bits per heavy atom. The summed E-state index contributed by atoms with van der Waals surface area (Å²) < 4.78 is 22.9. The molecule has 1 aliphatic heterocycles. The van der Waals surface area contributed by atoms with Crippen LogP contribution < -0.4 is 4.57 Å². The van der Waals surface area contributed by atoms with Crippen LogP contribution in [0.4, 0.5) is 0 Å². The van der Waals surface area contributed by atoms with Crippen molar-refractivity contribution in [1.82, 2.24) is 4.57 Å². The van der Waals surface area contributed by atoms with Gasteiger partial charge >= 0.3 is 0 Å². The zero-order valence-electron chi connectivity index (χ0n) is 17.6. The van der Waals surface area contributed by atoms with Crippen LogP contribution in [0.1, 0.15) is 63.3 Å². The van der Waals surface area contributed by atoms with Crippen molar-refractivity contribution in [3.05, 3.63) is 77.3 Å². The summed E-state index contributed by atoms with van der Waals surface area (Å²) in [6.07, 6.45) is 6.33. The predicted octanol–water partition coefficient (Wildman–Crippen LogP) is 5.40. The fourth-order valence-electron chi connectivity index (χ4n) is 4.86. The molecule has 3 aromatic rings. The number of fused-ring (bicyclic) bond motifs is 3. The molecule has 1 aromatic heterocycles. The maximum absolute atomic E-state index is 9.79. The van der Waals surface area contributed by atoms with Gasteiger partial charge in [0.05, 0.1) is 5.89 Å². The molecule has 5 rings (SSSR count). The zero-order valence-corrected chi connectivity index (χ0v) is 15.6. The molecule has 1 aliphatic carbocycles. The Hall–Kier alpha value is -2.35. The minimum absolute atomic E-state index is 0.307. The maximum atomic E-state index is 9.79. The van der Waals surface area contributed by atoms with Gasteiger partial charge in [-0.3, -0.25) is 0 Å². The van der Waals surface area contributed by atoms with Crippen molar-refractivity contribution in [2.75, 3.05) is 0 Å². The van der Waals surface area contributed by atoms with Gasteiger partial charge in [-0.15, -0.1) is 0 Å². The largest absolute Gasteiger partial charge is 0.254 e. The van der Waals surface area contributed by atoms with E-state index in [0.29, 0.717) is 12.2 Å². The van der Waals surface area contributed by atoms with Crippen LogP contribution in [0.5, 0.6) is 0 Å². The molecule has 0 amide bonds. The van der Waals surface area contributed by atoms with Gasteiger partial charge in [-0.2, -0.15) is 9.13 Å². The Balaban J connectivity index is 1.81. The molecular weight excluding hydrogens is 316 g/mol. The van der Waals surface area contributed by atoms with E-state index in [4.69, 9.17) is 1.37 Å². The number of hydrogen-bond acceptors (Lipinski definition) is 0. The molecule has 1 unspecified atom stereocenters. The molecule has 2 aliphatic rings. The number of imidazole rings is 1. The van der Waals surface area contributed by atoms with Gasteiger partial charge in [-0.25, -0.2) is 0 Å². The normalized spacial score (nSPS) is 23.3. The lowest BCUT2D eigenvalue weighted by atomic mass is 9.76. The number of nitrogens with zero attached hydrogens (tertiary/aromatic N) is 2. The van der Waals surface area contributed by atoms with E-state index in [1.54, 1.807) is 0 Å². The van der Waals surface area contributed by atoms with E-state index in [-0.39, 0.29) is 0 Å². The minimum Gasteiger partial charge on any atom is -0.199 e. The number of aryl methyl sites for hydroxylation is 1. The molecule has 1 atom stereocenters. The quantitative estimate of drug-likeness (QED) is 0.550. The van der Waals surface area contributed by atoms with Gasteiger partial charge in [0.2, 0.25) is 0 Å². The summed E-state index contributed by atoms with van der Waals surface area (Å²) in [5.74, 6) is -0.466. The molecule has 0 radical (unpaired) electrons. The van der Waals surface area contributed by atoms with Gasteiger partial charge in [-0.1, -0.05) is 55.7 Å². The van der Waals surface area contributed by atoms with E-state index in [0.717, 1.165) is 46.7 Å². The van der Waals surface area contributed by atoms with Crippen molar-refractivity contribution in [3.63, 3.8) is 0 Å². The standard InChI is InChI=1S/C24H27N2/c1-17-10-6-8-14-21(17)25-16-26-22-15-9-7-13-20(22)23(24(26)18(25)2)19-11-4-3-5-12-19/h6-10,13-16,19,23H,3-5,11-12H2,1-2H3/q+1/i16D,23D. The number of benzene rings is 2. The summed E-state index contributed by atoms with van der Waals surface area (Å²) in [4.78, 5) is 0. The van der Waals surface area contributed by atoms with E-state index in [1.807, 2.05) is 33.4 Å². The summed E-state index contributed by atoms with van der Waals surface area (Å²) in [6, 6.07) is 16.5. The van der Waals surface area contributed by atoms with Crippen LogP contribution in [-0.4, -0.2) is 4.57 Å². The Kier molecular flexibility index (Phi) is 3.25. The number of hydrogen-bond donors (Lipinski definition) is 0. The second-order valence-corrected chi connectivity index (χ2v) is 7.76. The number of aromatic nitrogens is 2. The lowest BCUT2D eigenvalue weighted by Crippen LogP contribution is -2.33. The average Bonchev–Trinajstić information content (AvgIpc) is 3.15. The number of para-hydroxylation sites is 2. The fourth-order valence-corrected chi connectivity index (χ4v) is 4.86. The summed E-state index contributed by atoms with van der Waals surface area (Å²) in [5.41, 5.74) is 6.29. The smallest absolute Gasteiger partial charge is 0.199 e. The van der Waals surface area contributed by atoms with Crippen molar-refractivity contribution in [2.24, 2.45) is 5.92 Å². The lowest BCUT2D eigenvalue weighted by Gasteiger charge is -2.26. The van der Waals surface area contributed by atoms with Crippen LogP contribution in [-0.2, 0) is 0 Å². The van der Waals surface area contributed by atoms with Crippen LogP contribution in [0, 0.1) is 19.8 Å². The number of rotatable bonds is 2. The first-order valence-electron chi connectivity index (χ1n) is 10.9. The first kappa shape index (κ1) is 13.8. The first-order chi connectivity index (χ1) is 13.5. The first-order valence-corrected chi connectivity index (χ1v) is 9.85. The van der Waals surface area contributed by atoms with Crippen LogP contribution in [0.3, 0.4) is 0 Å². The molecule has 0 bridgehead atoms. The van der Waals surface area contributed by atoms with Gasteiger partial charge in [0.15, 0.2) is 7.06 Å². The van der Waals surface area contributed by atoms with Gasteiger partial charge < -0.3 is 0 Å². The highest BCUT2D eigenvalue weighted by atomic mass is 15.2. The molecule has 0 spiro atoms. The molecule has 2 aromatic carbocycles. The topological polar surface area (TPSA) is 8.81 Å². The Morgan fingerprint density at radius 2 is 1.73 bits per heavy atom. The van der Waals surface area contributed by atoms with Crippen LogP contribution in [0.15, 0.2) is 54.8 Å². The second kappa shape index (κ2) is 6.12. The molecule has 26 heavy (non-hydrogen) atoms.